The van der Waals surface area contributed by atoms with Crippen molar-refractivity contribution in [2.75, 3.05) is 0 Å². The fraction of sp³-hybridized carbons (Fsp3) is 0.0455. The molecule has 0 amide bonds. The van der Waals surface area contributed by atoms with Crippen molar-refractivity contribution in [3.8, 4) is 17.4 Å². The average molecular weight is 477 g/mol. The highest BCUT2D eigenvalue weighted by atomic mass is 79.9. The lowest BCUT2D eigenvalue weighted by Crippen LogP contribution is -2.11. The summed E-state index contributed by atoms with van der Waals surface area (Å²) in [7, 11) is 0. The molecule has 8 nitrogen and oxygen atoms in total. The molecule has 31 heavy (non-hydrogen) atoms. The third-order valence-corrected chi connectivity index (χ3v) is 5.07. The maximum atomic E-state index is 12.4. The van der Waals surface area contributed by atoms with Crippen LogP contribution in [0.4, 0.5) is 5.69 Å². The molecule has 0 aliphatic rings. The summed E-state index contributed by atoms with van der Waals surface area (Å²) >= 11 is 3.31. The number of fused-ring (bicyclic) bond motifs is 1. The number of nitrogens with one attached hydrogen (secondary N) is 1. The topological polar surface area (TPSA) is 126 Å². The minimum absolute atomic E-state index is 0.0722. The number of halogens is 1. The molecule has 2 aromatic carbocycles. The lowest BCUT2D eigenvalue weighted by Gasteiger charge is -2.02. The van der Waals surface area contributed by atoms with Gasteiger partial charge in [-0.2, -0.15) is 5.26 Å². The minimum Gasteiger partial charge on any atom is -0.456 e. The first-order chi connectivity index (χ1) is 14.9. The third-order valence-electron chi connectivity index (χ3n) is 4.57. The van der Waals surface area contributed by atoms with E-state index in [-0.39, 0.29) is 22.6 Å². The Morgan fingerprint density at radius 1 is 1.26 bits per heavy atom. The fourth-order valence-electron chi connectivity index (χ4n) is 3.11. The van der Waals surface area contributed by atoms with Gasteiger partial charge in [0, 0.05) is 16.6 Å². The molecule has 0 radical (unpaired) electrons. The molecular weight excluding hydrogens is 464 g/mol. The van der Waals surface area contributed by atoms with Gasteiger partial charge in [-0.1, -0.05) is 22.0 Å². The van der Waals surface area contributed by atoms with Gasteiger partial charge in [0.1, 0.15) is 17.6 Å². The number of rotatable bonds is 4. The average Bonchev–Trinajstić information content (AvgIpc) is 3.20. The molecule has 2 heterocycles. The zero-order valence-corrected chi connectivity index (χ0v) is 17.6. The number of nitriles is 1. The van der Waals surface area contributed by atoms with Crippen molar-refractivity contribution in [2.24, 2.45) is 0 Å². The molecule has 9 heteroatoms. The largest absolute Gasteiger partial charge is 0.456 e. The van der Waals surface area contributed by atoms with Gasteiger partial charge in [-0.25, -0.2) is 4.98 Å². The van der Waals surface area contributed by atoms with Crippen LogP contribution in [-0.2, 0) is 0 Å². The van der Waals surface area contributed by atoms with Crippen molar-refractivity contribution in [3.05, 3.63) is 90.6 Å². The van der Waals surface area contributed by atoms with Crippen LogP contribution in [0.15, 0.2) is 62.2 Å². The first kappa shape index (κ1) is 20.3. The van der Waals surface area contributed by atoms with E-state index in [4.69, 9.17) is 4.42 Å². The number of hydrogen-bond acceptors (Lipinski definition) is 6. The number of furan rings is 1. The molecule has 4 aromatic rings. The number of aromatic nitrogens is 2. The molecule has 0 aliphatic heterocycles. The van der Waals surface area contributed by atoms with E-state index in [9.17, 15) is 20.2 Å². The second kappa shape index (κ2) is 8.01. The van der Waals surface area contributed by atoms with Crippen molar-refractivity contribution >= 4 is 44.2 Å². The molecule has 4 rings (SSSR count). The molecule has 0 spiro atoms. The van der Waals surface area contributed by atoms with E-state index in [2.05, 4.69) is 25.9 Å². The summed E-state index contributed by atoms with van der Waals surface area (Å²) in [4.78, 5) is 30.3. The summed E-state index contributed by atoms with van der Waals surface area (Å²) in [5, 5.41) is 21.4. The summed E-state index contributed by atoms with van der Waals surface area (Å²) in [5.41, 5.74) is 1.17. The molecule has 152 valence electrons. The number of benzene rings is 2. The zero-order valence-electron chi connectivity index (χ0n) is 16.0. The predicted molar refractivity (Wildman–Crippen MR) is 119 cm³/mol. The second-order valence-corrected chi connectivity index (χ2v) is 7.64. The first-order valence-electron chi connectivity index (χ1n) is 9.03. The Hall–Kier alpha value is -4.03. The van der Waals surface area contributed by atoms with Crippen LogP contribution in [0.1, 0.15) is 17.1 Å². The Labute approximate surface area is 183 Å². The lowest BCUT2D eigenvalue weighted by molar-refractivity contribution is -0.384. The number of hydrogen-bond donors (Lipinski definition) is 1. The summed E-state index contributed by atoms with van der Waals surface area (Å²) in [5.74, 6) is 0.682. The highest BCUT2D eigenvalue weighted by Crippen LogP contribution is 2.32. The predicted octanol–water partition coefficient (Wildman–Crippen LogP) is 5.23. The van der Waals surface area contributed by atoms with E-state index in [0.29, 0.717) is 28.0 Å². The molecule has 0 bridgehead atoms. The molecule has 0 fully saturated rings. The Morgan fingerprint density at radius 2 is 2.06 bits per heavy atom. The minimum atomic E-state index is -0.469. The van der Waals surface area contributed by atoms with Gasteiger partial charge in [0.25, 0.3) is 11.2 Å². The van der Waals surface area contributed by atoms with Crippen LogP contribution < -0.4 is 5.56 Å². The number of nitro benzene ring substituents is 1. The van der Waals surface area contributed by atoms with Gasteiger partial charge in [-0.05, 0) is 48.9 Å². The third kappa shape index (κ3) is 4.01. The van der Waals surface area contributed by atoms with Crippen molar-refractivity contribution < 1.29 is 9.34 Å². The Balaban J connectivity index is 1.76. The number of nitrogens with zero attached hydrogens (tertiary/aromatic N) is 3. The Bertz CT molecular complexity index is 1480. The van der Waals surface area contributed by atoms with E-state index < -0.39 is 4.92 Å². The van der Waals surface area contributed by atoms with Gasteiger partial charge in [0.2, 0.25) is 0 Å². The van der Waals surface area contributed by atoms with Crippen molar-refractivity contribution in [2.45, 2.75) is 6.92 Å². The van der Waals surface area contributed by atoms with Crippen LogP contribution in [-0.4, -0.2) is 14.9 Å². The van der Waals surface area contributed by atoms with Crippen LogP contribution in [0.3, 0.4) is 0 Å². The molecule has 1 N–H and O–H groups in total. The van der Waals surface area contributed by atoms with E-state index in [1.807, 2.05) is 6.07 Å². The molecular formula is C22H13BrN4O4. The number of allylic oxidation sites excluding steroid dienone is 1. The normalized spacial score (nSPS) is 11.5. The smallest absolute Gasteiger partial charge is 0.280 e. The van der Waals surface area contributed by atoms with Crippen molar-refractivity contribution in [3.63, 3.8) is 0 Å². The van der Waals surface area contributed by atoms with Crippen LogP contribution in [0.2, 0.25) is 0 Å². The standard InChI is InChI=1S/C22H13BrN4O4/c1-12-2-5-16(19(8-12)27(29)30)20-7-4-15(31-20)9-13(11-24)21-25-18-6-3-14(23)10-17(18)22(28)26-21/h2-10H,1H3,(H,25,26,28)/b13-9+. The maximum Gasteiger partial charge on any atom is 0.280 e. The SMILES string of the molecule is Cc1ccc(-c2ccc(/C=C(\C#N)c3nc4ccc(Br)cc4c(=O)[nH]3)o2)c([N+](=O)[O-])c1. The summed E-state index contributed by atoms with van der Waals surface area (Å²) < 4.78 is 6.47. The quantitative estimate of drug-likeness (QED) is 0.244. The van der Waals surface area contributed by atoms with Gasteiger partial charge >= 0.3 is 0 Å². The maximum absolute atomic E-state index is 12.4. The van der Waals surface area contributed by atoms with Crippen LogP contribution in [0.25, 0.3) is 33.9 Å². The number of H-pyrrole nitrogens is 1. The number of aryl methyl sites for hydroxylation is 1. The monoisotopic (exact) mass is 476 g/mol. The lowest BCUT2D eigenvalue weighted by atomic mass is 10.1. The van der Waals surface area contributed by atoms with Gasteiger partial charge in [0.15, 0.2) is 5.82 Å². The van der Waals surface area contributed by atoms with Crippen LogP contribution in [0.5, 0.6) is 0 Å². The number of aromatic amines is 1. The van der Waals surface area contributed by atoms with Crippen molar-refractivity contribution in [1.29, 1.82) is 5.26 Å². The van der Waals surface area contributed by atoms with Crippen LogP contribution in [0, 0.1) is 28.4 Å². The first-order valence-corrected chi connectivity index (χ1v) is 9.82. The molecule has 0 saturated heterocycles. The second-order valence-electron chi connectivity index (χ2n) is 6.73. The zero-order chi connectivity index (χ0) is 22.1. The number of nitro groups is 1. The highest BCUT2D eigenvalue weighted by molar-refractivity contribution is 9.10. The summed E-state index contributed by atoms with van der Waals surface area (Å²) in [6.45, 7) is 1.77. The van der Waals surface area contributed by atoms with E-state index in [0.717, 1.165) is 10.0 Å². The van der Waals surface area contributed by atoms with E-state index in [1.165, 1.54) is 12.1 Å². The summed E-state index contributed by atoms with van der Waals surface area (Å²) in [6.07, 6.45) is 1.42. The van der Waals surface area contributed by atoms with Gasteiger partial charge in [0.05, 0.1) is 27.0 Å². The summed E-state index contributed by atoms with van der Waals surface area (Å²) in [6, 6.07) is 15.1. The molecule has 2 aromatic heterocycles. The van der Waals surface area contributed by atoms with E-state index in [1.54, 1.807) is 49.4 Å². The Kier molecular flexibility index (Phi) is 5.23. The van der Waals surface area contributed by atoms with Gasteiger partial charge in [-0.3, -0.25) is 14.9 Å². The van der Waals surface area contributed by atoms with Crippen LogP contribution >= 0.6 is 15.9 Å². The molecule has 0 aliphatic carbocycles. The molecule has 0 unspecified atom stereocenters. The van der Waals surface area contributed by atoms with Gasteiger partial charge < -0.3 is 9.40 Å². The van der Waals surface area contributed by atoms with Crippen molar-refractivity contribution in [1.82, 2.24) is 9.97 Å². The highest BCUT2D eigenvalue weighted by Gasteiger charge is 2.18. The fourth-order valence-corrected chi connectivity index (χ4v) is 3.47. The molecule has 0 saturated carbocycles. The van der Waals surface area contributed by atoms with Gasteiger partial charge in [-0.15, -0.1) is 0 Å². The Morgan fingerprint density at radius 3 is 2.81 bits per heavy atom. The van der Waals surface area contributed by atoms with E-state index >= 15 is 0 Å². The molecule has 0 atom stereocenters.